The first-order valence-corrected chi connectivity index (χ1v) is 6.67. The molecular weight excluding hydrogens is 226 g/mol. The van der Waals surface area contributed by atoms with Crippen LogP contribution in [0.4, 0.5) is 0 Å². The van der Waals surface area contributed by atoms with Gasteiger partial charge in [-0.25, -0.2) is 0 Å². The third kappa shape index (κ3) is 3.47. The zero-order valence-electron chi connectivity index (χ0n) is 11.7. The smallest absolute Gasteiger partial charge is 0.122 e. The van der Waals surface area contributed by atoms with E-state index in [4.69, 9.17) is 9.47 Å². The largest absolute Gasteiger partial charge is 0.492 e. The molecule has 0 N–H and O–H groups in total. The van der Waals surface area contributed by atoms with Crippen molar-refractivity contribution in [1.29, 1.82) is 0 Å². The van der Waals surface area contributed by atoms with Crippen molar-refractivity contribution >= 4 is 0 Å². The van der Waals surface area contributed by atoms with Gasteiger partial charge in [-0.1, -0.05) is 6.07 Å². The van der Waals surface area contributed by atoms with Gasteiger partial charge in [0, 0.05) is 19.6 Å². The molecule has 0 aromatic heterocycles. The van der Waals surface area contributed by atoms with E-state index < -0.39 is 0 Å². The van der Waals surface area contributed by atoms with Crippen molar-refractivity contribution in [1.82, 2.24) is 4.90 Å². The number of aryl methyl sites for hydroxylation is 3. The molecule has 1 aromatic rings. The van der Waals surface area contributed by atoms with Crippen LogP contribution in [0.3, 0.4) is 0 Å². The lowest BCUT2D eigenvalue weighted by atomic mass is 10.1. The van der Waals surface area contributed by atoms with Crippen LogP contribution >= 0.6 is 0 Å². The number of morpholine rings is 1. The molecule has 1 aliphatic rings. The lowest BCUT2D eigenvalue weighted by molar-refractivity contribution is 0.0322. The summed E-state index contributed by atoms with van der Waals surface area (Å²) in [4.78, 5) is 2.39. The van der Waals surface area contributed by atoms with Crippen LogP contribution in [0, 0.1) is 20.8 Å². The van der Waals surface area contributed by atoms with E-state index in [1.54, 1.807) is 0 Å². The zero-order chi connectivity index (χ0) is 13.0. The van der Waals surface area contributed by atoms with E-state index in [2.05, 4.69) is 37.8 Å². The molecular formula is C15H23NO2. The highest BCUT2D eigenvalue weighted by atomic mass is 16.5. The van der Waals surface area contributed by atoms with Gasteiger partial charge in [-0.05, 0) is 43.5 Å². The maximum Gasteiger partial charge on any atom is 0.122 e. The molecule has 100 valence electrons. The second-order valence-corrected chi connectivity index (χ2v) is 5.00. The van der Waals surface area contributed by atoms with E-state index in [0.29, 0.717) is 0 Å². The van der Waals surface area contributed by atoms with Gasteiger partial charge in [0.15, 0.2) is 0 Å². The predicted octanol–water partition coefficient (Wildman–Crippen LogP) is 2.32. The molecule has 0 bridgehead atoms. The Labute approximate surface area is 110 Å². The fraction of sp³-hybridized carbons (Fsp3) is 0.600. The van der Waals surface area contributed by atoms with Crippen LogP contribution in [0.2, 0.25) is 0 Å². The summed E-state index contributed by atoms with van der Waals surface area (Å²) in [5, 5.41) is 0. The monoisotopic (exact) mass is 249 g/mol. The second kappa shape index (κ2) is 6.21. The average molecular weight is 249 g/mol. The van der Waals surface area contributed by atoms with Crippen LogP contribution in [-0.4, -0.2) is 44.4 Å². The van der Waals surface area contributed by atoms with Crippen LogP contribution in [-0.2, 0) is 4.74 Å². The third-order valence-corrected chi connectivity index (χ3v) is 3.56. The van der Waals surface area contributed by atoms with Crippen LogP contribution < -0.4 is 4.74 Å². The molecule has 1 saturated heterocycles. The highest BCUT2D eigenvalue weighted by molar-refractivity contribution is 5.40. The maximum absolute atomic E-state index is 5.89. The van der Waals surface area contributed by atoms with Gasteiger partial charge in [0.05, 0.1) is 13.2 Å². The van der Waals surface area contributed by atoms with Crippen LogP contribution in [0.1, 0.15) is 16.7 Å². The number of hydrogen-bond donors (Lipinski definition) is 0. The normalized spacial score (nSPS) is 16.8. The lowest BCUT2D eigenvalue weighted by Gasteiger charge is -2.26. The van der Waals surface area contributed by atoms with Crippen molar-refractivity contribution < 1.29 is 9.47 Å². The van der Waals surface area contributed by atoms with E-state index in [-0.39, 0.29) is 0 Å². The number of benzene rings is 1. The van der Waals surface area contributed by atoms with Crippen LogP contribution in [0.15, 0.2) is 12.1 Å². The van der Waals surface area contributed by atoms with Gasteiger partial charge in [-0.15, -0.1) is 0 Å². The van der Waals surface area contributed by atoms with E-state index in [1.165, 1.54) is 16.7 Å². The van der Waals surface area contributed by atoms with Gasteiger partial charge < -0.3 is 9.47 Å². The van der Waals surface area contributed by atoms with Crippen molar-refractivity contribution in [3.8, 4) is 5.75 Å². The summed E-state index contributed by atoms with van der Waals surface area (Å²) >= 11 is 0. The Kier molecular flexibility index (Phi) is 4.61. The Morgan fingerprint density at radius 1 is 1.06 bits per heavy atom. The summed E-state index contributed by atoms with van der Waals surface area (Å²) < 4.78 is 11.2. The van der Waals surface area contributed by atoms with Crippen molar-refractivity contribution in [2.24, 2.45) is 0 Å². The second-order valence-electron chi connectivity index (χ2n) is 5.00. The third-order valence-electron chi connectivity index (χ3n) is 3.56. The fourth-order valence-electron chi connectivity index (χ4n) is 2.20. The number of ether oxygens (including phenoxy) is 2. The van der Waals surface area contributed by atoms with Gasteiger partial charge in [0.2, 0.25) is 0 Å². The maximum atomic E-state index is 5.89. The first-order chi connectivity index (χ1) is 8.66. The molecule has 2 rings (SSSR count). The number of hydrogen-bond acceptors (Lipinski definition) is 3. The molecule has 3 heteroatoms. The molecule has 0 unspecified atom stereocenters. The minimum absolute atomic E-state index is 0.753. The van der Waals surface area contributed by atoms with E-state index in [0.717, 1.165) is 45.2 Å². The first kappa shape index (κ1) is 13.4. The molecule has 0 aliphatic carbocycles. The predicted molar refractivity (Wildman–Crippen MR) is 73.4 cm³/mol. The molecule has 1 aliphatic heterocycles. The number of nitrogens with zero attached hydrogens (tertiary/aromatic N) is 1. The van der Waals surface area contributed by atoms with Crippen LogP contribution in [0.25, 0.3) is 0 Å². The minimum atomic E-state index is 0.753. The van der Waals surface area contributed by atoms with Crippen molar-refractivity contribution in [2.45, 2.75) is 20.8 Å². The van der Waals surface area contributed by atoms with E-state index in [9.17, 15) is 0 Å². The van der Waals surface area contributed by atoms with Gasteiger partial charge in [-0.2, -0.15) is 0 Å². The van der Waals surface area contributed by atoms with Crippen molar-refractivity contribution in [3.63, 3.8) is 0 Å². The fourth-order valence-corrected chi connectivity index (χ4v) is 2.20. The highest BCUT2D eigenvalue weighted by Crippen LogP contribution is 2.22. The Hall–Kier alpha value is -1.06. The first-order valence-electron chi connectivity index (χ1n) is 6.67. The molecule has 3 nitrogen and oxygen atoms in total. The Morgan fingerprint density at radius 2 is 1.72 bits per heavy atom. The summed E-state index contributed by atoms with van der Waals surface area (Å²) in [7, 11) is 0. The van der Waals surface area contributed by atoms with Gasteiger partial charge >= 0.3 is 0 Å². The summed E-state index contributed by atoms with van der Waals surface area (Å²) in [6.07, 6.45) is 0. The minimum Gasteiger partial charge on any atom is -0.492 e. The van der Waals surface area contributed by atoms with E-state index >= 15 is 0 Å². The lowest BCUT2D eigenvalue weighted by Crippen LogP contribution is -2.38. The molecule has 0 radical (unpaired) electrons. The van der Waals surface area contributed by atoms with E-state index in [1.807, 2.05) is 0 Å². The van der Waals surface area contributed by atoms with Gasteiger partial charge in [0.1, 0.15) is 12.4 Å². The molecule has 1 fully saturated rings. The van der Waals surface area contributed by atoms with Gasteiger partial charge in [-0.3, -0.25) is 4.90 Å². The molecule has 1 aromatic carbocycles. The SMILES string of the molecule is Cc1cc(C)c(OCCN2CCOCC2)cc1C. The average Bonchev–Trinajstić information content (AvgIpc) is 2.37. The summed E-state index contributed by atoms with van der Waals surface area (Å²) in [5.41, 5.74) is 3.84. The summed E-state index contributed by atoms with van der Waals surface area (Å²) in [6, 6.07) is 4.34. The molecule has 0 spiro atoms. The molecule has 0 atom stereocenters. The molecule has 0 amide bonds. The molecule has 0 saturated carbocycles. The standard InChI is InChI=1S/C15H23NO2/c1-12-10-14(3)15(11-13(12)2)18-9-6-16-4-7-17-8-5-16/h10-11H,4-9H2,1-3H3. The number of rotatable bonds is 4. The Morgan fingerprint density at radius 3 is 2.44 bits per heavy atom. The molecule has 1 heterocycles. The topological polar surface area (TPSA) is 21.7 Å². The zero-order valence-corrected chi connectivity index (χ0v) is 11.7. The van der Waals surface area contributed by atoms with Crippen molar-refractivity contribution in [2.75, 3.05) is 39.5 Å². The quantitative estimate of drug-likeness (QED) is 0.817. The van der Waals surface area contributed by atoms with Crippen LogP contribution in [0.5, 0.6) is 5.75 Å². The summed E-state index contributed by atoms with van der Waals surface area (Å²) in [6.45, 7) is 11.9. The highest BCUT2D eigenvalue weighted by Gasteiger charge is 2.10. The van der Waals surface area contributed by atoms with Gasteiger partial charge in [0.25, 0.3) is 0 Å². The summed E-state index contributed by atoms with van der Waals surface area (Å²) in [5.74, 6) is 1.02. The van der Waals surface area contributed by atoms with Crippen molar-refractivity contribution in [3.05, 3.63) is 28.8 Å². The Balaban J connectivity index is 1.84. The molecule has 18 heavy (non-hydrogen) atoms. The Bertz CT molecular complexity index is 398.